The normalized spacial score (nSPS) is 11.7. The molecule has 0 unspecified atom stereocenters. The minimum absolute atomic E-state index is 0.0312. The molecule has 2 rings (SSSR count). The SMILES string of the molecule is COc1cc(OC)c(/C=C/S(=O)(=O)Cc2ccc(OC)c(OC(=O)C(F)(F)C(=O)[O-])c2)c(OC)c1. The maximum atomic E-state index is 13.4. The van der Waals surface area contributed by atoms with E-state index in [1.165, 1.54) is 51.7 Å². The molecule has 35 heavy (non-hydrogen) atoms. The summed E-state index contributed by atoms with van der Waals surface area (Å²) in [4.78, 5) is 22.0. The van der Waals surface area contributed by atoms with Gasteiger partial charge in [-0.3, -0.25) is 0 Å². The van der Waals surface area contributed by atoms with Gasteiger partial charge in [0.25, 0.3) is 0 Å². The topological polar surface area (TPSA) is 137 Å². The summed E-state index contributed by atoms with van der Waals surface area (Å²) in [7, 11) is 1.37. The zero-order valence-electron chi connectivity index (χ0n) is 19.0. The van der Waals surface area contributed by atoms with Crippen LogP contribution in [-0.4, -0.2) is 54.7 Å². The first-order valence-electron chi connectivity index (χ1n) is 9.57. The van der Waals surface area contributed by atoms with Crippen LogP contribution in [0.25, 0.3) is 6.08 Å². The number of benzene rings is 2. The number of ether oxygens (including phenoxy) is 5. The number of carbonyl (C=O) groups excluding carboxylic acids is 2. The van der Waals surface area contributed by atoms with Crippen LogP contribution < -0.4 is 28.8 Å². The van der Waals surface area contributed by atoms with Gasteiger partial charge in [-0.1, -0.05) is 6.07 Å². The Hall–Kier alpha value is -3.87. The van der Waals surface area contributed by atoms with Crippen LogP contribution in [0.2, 0.25) is 0 Å². The number of aliphatic carboxylic acids is 1. The number of carboxylic acid groups (broad SMARTS) is 1. The van der Waals surface area contributed by atoms with E-state index in [1.807, 2.05) is 0 Å². The van der Waals surface area contributed by atoms with E-state index < -0.39 is 39.2 Å². The molecule has 2 aromatic rings. The molecule has 0 aliphatic heterocycles. The standard InChI is InChI=1S/C22H22F2O10S/c1-30-14-10-17(32-3)15(18(11-14)33-4)7-8-35(28,29)12-13-5-6-16(31-2)19(9-13)34-21(27)22(23,24)20(25)26/h5-11H,12H2,1-4H3,(H,25,26)/p-1/b8-7+. The van der Waals surface area contributed by atoms with Gasteiger partial charge >= 0.3 is 11.9 Å². The van der Waals surface area contributed by atoms with Crippen LogP contribution in [0.15, 0.2) is 35.7 Å². The lowest BCUT2D eigenvalue weighted by Crippen LogP contribution is -2.49. The Kier molecular flexibility index (Phi) is 8.63. The second-order valence-electron chi connectivity index (χ2n) is 6.79. The van der Waals surface area contributed by atoms with Crippen molar-refractivity contribution >= 4 is 27.9 Å². The number of carboxylic acids is 1. The zero-order valence-corrected chi connectivity index (χ0v) is 19.8. The van der Waals surface area contributed by atoms with Gasteiger partial charge in [-0.25, -0.2) is 13.2 Å². The summed E-state index contributed by atoms with van der Waals surface area (Å²) in [5.74, 6) is -10.8. The van der Waals surface area contributed by atoms with E-state index in [2.05, 4.69) is 4.74 Å². The van der Waals surface area contributed by atoms with Crippen LogP contribution in [0.1, 0.15) is 11.1 Å². The highest BCUT2D eigenvalue weighted by atomic mass is 32.2. The number of hydrogen-bond donors (Lipinski definition) is 0. The van der Waals surface area contributed by atoms with Crippen LogP contribution in [0.4, 0.5) is 8.78 Å². The van der Waals surface area contributed by atoms with E-state index in [0.29, 0.717) is 11.3 Å². The van der Waals surface area contributed by atoms with E-state index in [1.54, 1.807) is 0 Å². The van der Waals surface area contributed by atoms with Gasteiger partial charge in [0.15, 0.2) is 21.3 Å². The van der Waals surface area contributed by atoms with Gasteiger partial charge in [0.2, 0.25) is 0 Å². The van der Waals surface area contributed by atoms with Crippen LogP contribution >= 0.6 is 0 Å². The molecule has 13 heteroatoms. The highest BCUT2D eigenvalue weighted by Gasteiger charge is 2.43. The minimum atomic E-state index is -4.92. The molecule has 190 valence electrons. The van der Waals surface area contributed by atoms with Crippen molar-refractivity contribution in [2.75, 3.05) is 28.4 Å². The second-order valence-corrected chi connectivity index (χ2v) is 8.68. The number of halogens is 2. The Bertz CT molecular complexity index is 1210. The number of alkyl halides is 2. The van der Waals surface area contributed by atoms with Crippen LogP contribution in [0.5, 0.6) is 28.7 Å². The van der Waals surface area contributed by atoms with Crippen LogP contribution in [-0.2, 0) is 25.2 Å². The zero-order chi connectivity index (χ0) is 26.4. The van der Waals surface area contributed by atoms with Crippen molar-refractivity contribution in [1.82, 2.24) is 0 Å². The first-order valence-corrected chi connectivity index (χ1v) is 11.3. The molecule has 2 aromatic carbocycles. The molecule has 0 atom stereocenters. The molecule has 0 aromatic heterocycles. The van der Waals surface area contributed by atoms with Crippen LogP contribution in [0, 0.1) is 0 Å². The maximum Gasteiger partial charge on any atom is 0.388 e. The van der Waals surface area contributed by atoms with E-state index in [9.17, 15) is 31.9 Å². The van der Waals surface area contributed by atoms with Crippen molar-refractivity contribution in [3.8, 4) is 28.7 Å². The Morgan fingerprint density at radius 3 is 1.97 bits per heavy atom. The van der Waals surface area contributed by atoms with Crippen molar-refractivity contribution < 1.29 is 55.6 Å². The molecular weight excluding hydrogens is 494 g/mol. The lowest BCUT2D eigenvalue weighted by Gasteiger charge is -2.17. The molecular formula is C22H21F2O10S-. The predicted molar refractivity (Wildman–Crippen MR) is 116 cm³/mol. The maximum absolute atomic E-state index is 13.4. The average Bonchev–Trinajstić information content (AvgIpc) is 2.81. The molecule has 10 nitrogen and oxygen atoms in total. The fraction of sp³-hybridized carbons (Fsp3) is 0.273. The third kappa shape index (κ3) is 6.59. The number of sulfone groups is 1. The molecule has 0 aliphatic rings. The van der Waals surface area contributed by atoms with Crippen molar-refractivity contribution in [2.24, 2.45) is 0 Å². The fourth-order valence-corrected chi connectivity index (χ4v) is 3.87. The van der Waals surface area contributed by atoms with Gasteiger partial charge < -0.3 is 33.6 Å². The Balaban J connectivity index is 2.35. The average molecular weight is 515 g/mol. The summed E-state index contributed by atoms with van der Waals surface area (Å²) in [5, 5.41) is 11.4. The molecule has 0 saturated heterocycles. The quantitative estimate of drug-likeness (QED) is 0.246. The Morgan fingerprint density at radius 2 is 1.49 bits per heavy atom. The summed E-state index contributed by atoms with van der Waals surface area (Å²) in [6, 6.07) is 6.49. The first-order chi connectivity index (χ1) is 16.4. The minimum Gasteiger partial charge on any atom is -0.543 e. The second kappa shape index (κ2) is 11.0. The summed E-state index contributed by atoms with van der Waals surface area (Å²) in [6.45, 7) is 0. The molecule has 0 N–H and O–H groups in total. The fourth-order valence-electron chi connectivity index (χ4n) is 2.79. The third-order valence-electron chi connectivity index (χ3n) is 4.51. The van der Waals surface area contributed by atoms with Crippen molar-refractivity contribution in [1.29, 1.82) is 0 Å². The van der Waals surface area contributed by atoms with Crippen LogP contribution in [0.3, 0.4) is 0 Å². The van der Waals surface area contributed by atoms with E-state index in [0.717, 1.165) is 18.6 Å². The molecule has 0 bridgehead atoms. The highest BCUT2D eigenvalue weighted by Crippen LogP contribution is 2.35. The molecule has 0 saturated carbocycles. The Labute approximate surface area is 199 Å². The lowest BCUT2D eigenvalue weighted by atomic mass is 10.1. The first kappa shape index (κ1) is 27.4. The number of methoxy groups -OCH3 is 4. The third-order valence-corrected chi connectivity index (χ3v) is 5.79. The van der Waals surface area contributed by atoms with Gasteiger partial charge in [0, 0.05) is 17.5 Å². The number of hydrogen-bond acceptors (Lipinski definition) is 10. The molecule has 0 aliphatic carbocycles. The van der Waals surface area contributed by atoms with Gasteiger partial charge in [-0.05, 0) is 23.8 Å². The van der Waals surface area contributed by atoms with Gasteiger partial charge in [0.1, 0.15) is 23.2 Å². The highest BCUT2D eigenvalue weighted by molar-refractivity contribution is 7.93. The molecule has 0 amide bonds. The Morgan fingerprint density at radius 1 is 0.914 bits per heavy atom. The van der Waals surface area contributed by atoms with Crippen molar-refractivity contribution in [3.63, 3.8) is 0 Å². The van der Waals surface area contributed by atoms with Crippen molar-refractivity contribution in [3.05, 3.63) is 46.9 Å². The van der Waals surface area contributed by atoms with Gasteiger partial charge in [-0.15, -0.1) is 0 Å². The summed E-state index contributed by atoms with van der Waals surface area (Å²) < 4.78 is 77.1. The smallest absolute Gasteiger partial charge is 0.388 e. The lowest BCUT2D eigenvalue weighted by molar-refractivity contribution is -0.326. The monoisotopic (exact) mass is 515 g/mol. The summed E-state index contributed by atoms with van der Waals surface area (Å²) in [5.41, 5.74) is 0.344. The number of rotatable bonds is 11. The van der Waals surface area contributed by atoms with E-state index in [4.69, 9.17) is 18.9 Å². The number of carbonyl (C=O) groups is 2. The molecule has 0 heterocycles. The van der Waals surface area contributed by atoms with Crippen molar-refractivity contribution in [2.45, 2.75) is 11.7 Å². The summed E-state index contributed by atoms with van der Waals surface area (Å²) in [6.07, 6.45) is 1.25. The summed E-state index contributed by atoms with van der Waals surface area (Å²) >= 11 is 0. The largest absolute Gasteiger partial charge is 0.543 e. The predicted octanol–water partition coefficient (Wildman–Crippen LogP) is 1.60. The molecule has 0 spiro atoms. The van der Waals surface area contributed by atoms with Gasteiger partial charge in [0.05, 0.1) is 39.8 Å². The van der Waals surface area contributed by atoms with Gasteiger partial charge in [-0.2, -0.15) is 8.78 Å². The molecule has 0 fully saturated rings. The molecule has 0 radical (unpaired) electrons. The number of esters is 1. The van der Waals surface area contributed by atoms with E-state index >= 15 is 0 Å². The van der Waals surface area contributed by atoms with E-state index in [-0.39, 0.29) is 22.8 Å².